The summed E-state index contributed by atoms with van der Waals surface area (Å²) in [6.45, 7) is 2.30. The zero-order valence-corrected chi connectivity index (χ0v) is 15.0. The monoisotopic (exact) mass is 354 g/mol. The summed E-state index contributed by atoms with van der Waals surface area (Å²) in [4.78, 5) is 17.6. The predicted octanol–water partition coefficient (Wildman–Crippen LogP) is 3.74. The van der Waals surface area contributed by atoms with Crippen LogP contribution in [0.25, 0.3) is 11.0 Å². The largest absolute Gasteiger partial charge is 0.348 e. The van der Waals surface area contributed by atoms with Crippen molar-refractivity contribution in [2.45, 2.75) is 32.2 Å². The highest BCUT2D eigenvalue weighted by molar-refractivity contribution is 6.31. The van der Waals surface area contributed by atoms with E-state index >= 15 is 0 Å². The summed E-state index contributed by atoms with van der Waals surface area (Å²) in [6.07, 6.45) is 2.27. The molecule has 0 atom stereocenters. The fourth-order valence-corrected chi connectivity index (χ4v) is 3.35. The Labute approximate surface area is 151 Å². The van der Waals surface area contributed by atoms with Crippen LogP contribution in [0.1, 0.15) is 46.1 Å². The maximum Gasteiger partial charge on any atom is 0.252 e. The smallest absolute Gasteiger partial charge is 0.252 e. The van der Waals surface area contributed by atoms with Crippen molar-refractivity contribution >= 4 is 28.5 Å². The molecule has 6 heteroatoms. The molecule has 1 aromatic carbocycles. The van der Waals surface area contributed by atoms with Crippen LogP contribution in [0.4, 0.5) is 0 Å². The van der Waals surface area contributed by atoms with Crippen LogP contribution in [0.5, 0.6) is 0 Å². The molecule has 0 spiro atoms. The second kappa shape index (κ2) is 6.15. The van der Waals surface area contributed by atoms with E-state index in [-0.39, 0.29) is 5.91 Å². The summed E-state index contributed by atoms with van der Waals surface area (Å²) in [7, 11) is 1.87. The number of fused-ring (bicyclic) bond motifs is 1. The van der Waals surface area contributed by atoms with Gasteiger partial charge in [-0.25, -0.2) is 4.98 Å². The highest BCUT2D eigenvalue weighted by Gasteiger charge is 2.28. The summed E-state index contributed by atoms with van der Waals surface area (Å²) in [5.41, 5.74) is 4.11. The third kappa shape index (κ3) is 3.00. The molecule has 4 rings (SSSR count). The molecule has 1 aliphatic rings. The first kappa shape index (κ1) is 16.1. The minimum atomic E-state index is -0.120. The summed E-state index contributed by atoms with van der Waals surface area (Å²) >= 11 is 6.18. The zero-order valence-electron chi connectivity index (χ0n) is 14.2. The van der Waals surface area contributed by atoms with Gasteiger partial charge in [-0.15, -0.1) is 0 Å². The molecule has 0 aliphatic heterocycles. The lowest BCUT2D eigenvalue weighted by Crippen LogP contribution is -2.23. The Kier molecular flexibility index (Phi) is 3.96. The van der Waals surface area contributed by atoms with Gasteiger partial charge >= 0.3 is 0 Å². The van der Waals surface area contributed by atoms with E-state index in [2.05, 4.69) is 10.4 Å². The van der Waals surface area contributed by atoms with E-state index in [9.17, 15) is 4.79 Å². The Morgan fingerprint density at radius 1 is 1.36 bits per heavy atom. The number of amides is 1. The third-order valence-electron chi connectivity index (χ3n) is 4.63. The lowest BCUT2D eigenvalue weighted by molar-refractivity contribution is 0.0952. The van der Waals surface area contributed by atoms with Gasteiger partial charge in [0.1, 0.15) is 0 Å². The molecule has 3 aromatic rings. The number of nitrogens with one attached hydrogen (secondary N) is 1. The Morgan fingerprint density at radius 2 is 2.12 bits per heavy atom. The van der Waals surface area contributed by atoms with Gasteiger partial charge in [-0.05, 0) is 37.5 Å². The molecule has 2 heterocycles. The van der Waals surface area contributed by atoms with Crippen molar-refractivity contribution in [3.63, 3.8) is 0 Å². The average molecular weight is 355 g/mol. The molecule has 5 nitrogen and oxygen atoms in total. The van der Waals surface area contributed by atoms with Crippen molar-refractivity contribution < 1.29 is 4.79 Å². The van der Waals surface area contributed by atoms with Gasteiger partial charge in [0.15, 0.2) is 5.65 Å². The van der Waals surface area contributed by atoms with Gasteiger partial charge in [0, 0.05) is 30.2 Å². The van der Waals surface area contributed by atoms with Crippen molar-refractivity contribution in [1.29, 1.82) is 0 Å². The molecule has 128 valence electrons. The van der Waals surface area contributed by atoms with E-state index in [1.54, 1.807) is 4.68 Å². The van der Waals surface area contributed by atoms with E-state index in [0.29, 0.717) is 23.0 Å². The van der Waals surface area contributed by atoms with Gasteiger partial charge in [0.2, 0.25) is 0 Å². The van der Waals surface area contributed by atoms with Gasteiger partial charge in [-0.3, -0.25) is 9.48 Å². The number of carbonyl (C=O) groups excluding carboxylic acids is 1. The maximum atomic E-state index is 12.9. The van der Waals surface area contributed by atoms with Gasteiger partial charge in [-0.2, -0.15) is 5.10 Å². The van der Waals surface area contributed by atoms with E-state index < -0.39 is 0 Å². The first-order valence-electron chi connectivity index (χ1n) is 8.40. The Hall–Kier alpha value is -2.40. The predicted molar refractivity (Wildman–Crippen MR) is 97.8 cm³/mol. The molecule has 0 radical (unpaired) electrons. The topological polar surface area (TPSA) is 59.8 Å². The molecular weight excluding hydrogens is 336 g/mol. The summed E-state index contributed by atoms with van der Waals surface area (Å²) in [6, 6.07) is 9.45. The number of benzene rings is 1. The average Bonchev–Trinajstić information content (AvgIpc) is 3.40. The lowest BCUT2D eigenvalue weighted by atomic mass is 10.1. The van der Waals surface area contributed by atoms with Crippen LogP contribution >= 0.6 is 11.6 Å². The van der Waals surface area contributed by atoms with Crippen molar-refractivity contribution in [2.75, 3.05) is 0 Å². The first-order valence-corrected chi connectivity index (χ1v) is 8.78. The van der Waals surface area contributed by atoms with Gasteiger partial charge in [0.05, 0.1) is 16.6 Å². The number of pyridine rings is 1. The molecule has 0 bridgehead atoms. The molecule has 1 amide bonds. The van der Waals surface area contributed by atoms with Gasteiger partial charge in [0.25, 0.3) is 5.91 Å². The Morgan fingerprint density at radius 3 is 2.84 bits per heavy atom. The van der Waals surface area contributed by atoms with Gasteiger partial charge in [-0.1, -0.05) is 29.8 Å². The van der Waals surface area contributed by atoms with Crippen LogP contribution in [0.3, 0.4) is 0 Å². The van der Waals surface area contributed by atoms with Crippen LogP contribution in [0.15, 0.2) is 30.3 Å². The molecule has 1 fully saturated rings. The molecule has 0 unspecified atom stereocenters. The van der Waals surface area contributed by atoms with E-state index in [4.69, 9.17) is 16.6 Å². The summed E-state index contributed by atoms with van der Waals surface area (Å²) < 4.78 is 1.75. The number of hydrogen-bond acceptors (Lipinski definition) is 3. The number of aromatic nitrogens is 3. The van der Waals surface area contributed by atoms with Crippen LogP contribution in [-0.4, -0.2) is 20.7 Å². The minimum absolute atomic E-state index is 0.120. The minimum Gasteiger partial charge on any atom is -0.348 e. The molecule has 1 saturated carbocycles. The zero-order chi connectivity index (χ0) is 17.6. The summed E-state index contributed by atoms with van der Waals surface area (Å²) in [5.74, 6) is 0.347. The van der Waals surface area contributed by atoms with Crippen LogP contribution in [0, 0.1) is 6.92 Å². The van der Waals surface area contributed by atoms with Crippen LogP contribution < -0.4 is 5.32 Å². The standard InChI is InChI=1S/C19H19ClN4O/c1-11-17-14(19(25)21-10-13-5-3-4-6-15(13)20)9-16(12-7-8-12)22-18(17)24(2)23-11/h3-6,9,12H,7-8,10H2,1-2H3,(H,21,25). The fourth-order valence-electron chi connectivity index (χ4n) is 3.14. The second-order valence-electron chi connectivity index (χ2n) is 6.55. The Bertz CT molecular complexity index is 975. The van der Waals surface area contributed by atoms with Crippen molar-refractivity contribution in [3.8, 4) is 0 Å². The van der Waals surface area contributed by atoms with E-state index in [1.165, 1.54) is 0 Å². The third-order valence-corrected chi connectivity index (χ3v) is 4.99. The van der Waals surface area contributed by atoms with Crippen molar-refractivity contribution in [3.05, 3.63) is 57.9 Å². The van der Waals surface area contributed by atoms with Crippen molar-refractivity contribution in [1.82, 2.24) is 20.1 Å². The highest BCUT2D eigenvalue weighted by atomic mass is 35.5. The number of aryl methyl sites for hydroxylation is 2. The molecule has 0 saturated heterocycles. The SMILES string of the molecule is Cc1nn(C)c2nc(C3CC3)cc(C(=O)NCc3ccccc3Cl)c12. The second-order valence-corrected chi connectivity index (χ2v) is 6.96. The summed E-state index contributed by atoms with van der Waals surface area (Å²) in [5, 5.41) is 8.90. The fraction of sp³-hybridized carbons (Fsp3) is 0.316. The highest BCUT2D eigenvalue weighted by Crippen LogP contribution is 2.40. The molecule has 1 aliphatic carbocycles. The quantitative estimate of drug-likeness (QED) is 0.776. The normalized spacial score (nSPS) is 14.0. The number of rotatable bonds is 4. The van der Waals surface area contributed by atoms with Crippen LogP contribution in [0.2, 0.25) is 5.02 Å². The van der Waals surface area contributed by atoms with E-state index in [0.717, 1.165) is 40.8 Å². The van der Waals surface area contributed by atoms with Crippen LogP contribution in [-0.2, 0) is 13.6 Å². The number of carbonyl (C=O) groups is 1. The number of nitrogens with zero attached hydrogens (tertiary/aromatic N) is 3. The van der Waals surface area contributed by atoms with Crippen molar-refractivity contribution in [2.24, 2.45) is 7.05 Å². The molecule has 2 aromatic heterocycles. The molecule has 25 heavy (non-hydrogen) atoms. The molecular formula is C19H19ClN4O. The Balaban J connectivity index is 1.69. The number of hydrogen-bond donors (Lipinski definition) is 1. The lowest BCUT2D eigenvalue weighted by Gasteiger charge is -2.10. The van der Waals surface area contributed by atoms with E-state index in [1.807, 2.05) is 44.3 Å². The van der Waals surface area contributed by atoms with Gasteiger partial charge < -0.3 is 5.32 Å². The maximum absolute atomic E-state index is 12.9. The number of halogens is 1. The molecule has 1 N–H and O–H groups in total. The first-order chi connectivity index (χ1) is 12.0.